The molecule has 0 saturated heterocycles. The number of aromatic amines is 1. The number of alkyl halides is 1. The van der Waals surface area contributed by atoms with E-state index < -0.39 is 0 Å². The highest BCUT2D eigenvalue weighted by Crippen LogP contribution is 2.58. The maximum atomic E-state index is 6.81. The Kier molecular flexibility index (Phi) is 2.46. The highest BCUT2D eigenvalue weighted by Gasteiger charge is 2.47. The number of rotatable bonds is 2. The average molecular weight is 296 g/mol. The first-order valence-corrected chi connectivity index (χ1v) is 8.37. The molecule has 2 heteroatoms. The zero-order chi connectivity index (χ0) is 14.0. The summed E-state index contributed by atoms with van der Waals surface area (Å²) in [6, 6.07) is 15.2. The standard InChI is InChI=1S/C19H18ClN/c20-19(14-8-12-7-13(12)9-14)11-5-6-18-16(10-11)15-3-1-2-4-17(15)21-18/h1-6,10,12-14,19,21H,7-9H2. The second-order valence-corrected chi connectivity index (χ2v) is 7.33. The molecule has 21 heavy (non-hydrogen) atoms. The van der Waals surface area contributed by atoms with E-state index in [2.05, 4.69) is 47.4 Å². The summed E-state index contributed by atoms with van der Waals surface area (Å²) in [4.78, 5) is 3.48. The summed E-state index contributed by atoms with van der Waals surface area (Å²) < 4.78 is 0. The molecule has 0 bridgehead atoms. The van der Waals surface area contributed by atoms with E-state index in [1.54, 1.807) is 0 Å². The third-order valence-electron chi connectivity index (χ3n) is 5.54. The summed E-state index contributed by atoms with van der Waals surface area (Å²) >= 11 is 6.81. The number of fused-ring (bicyclic) bond motifs is 4. The minimum absolute atomic E-state index is 0.177. The van der Waals surface area contributed by atoms with Gasteiger partial charge in [-0.1, -0.05) is 24.3 Å². The fourth-order valence-corrected chi connectivity index (χ4v) is 4.65. The lowest BCUT2D eigenvalue weighted by atomic mass is 9.93. The molecule has 0 spiro atoms. The predicted octanol–water partition coefficient (Wildman–Crippen LogP) is 5.65. The molecule has 2 saturated carbocycles. The maximum absolute atomic E-state index is 6.81. The van der Waals surface area contributed by atoms with Gasteiger partial charge < -0.3 is 4.98 Å². The molecule has 2 aromatic carbocycles. The molecule has 0 amide bonds. The topological polar surface area (TPSA) is 15.8 Å². The zero-order valence-electron chi connectivity index (χ0n) is 11.9. The Bertz CT molecular complexity index is 824. The van der Waals surface area contributed by atoms with E-state index in [9.17, 15) is 0 Å². The summed E-state index contributed by atoms with van der Waals surface area (Å²) in [5.41, 5.74) is 3.70. The number of para-hydroxylation sites is 1. The smallest absolute Gasteiger partial charge is 0.0613 e. The van der Waals surface area contributed by atoms with Crippen molar-refractivity contribution in [1.29, 1.82) is 0 Å². The van der Waals surface area contributed by atoms with Gasteiger partial charge in [-0.05, 0) is 60.8 Å². The number of hydrogen-bond acceptors (Lipinski definition) is 0. The van der Waals surface area contributed by atoms with Crippen LogP contribution in [-0.2, 0) is 0 Å². The van der Waals surface area contributed by atoms with Gasteiger partial charge in [0.25, 0.3) is 0 Å². The Labute approximate surface area is 129 Å². The lowest BCUT2D eigenvalue weighted by Crippen LogP contribution is -2.05. The molecule has 1 N–H and O–H groups in total. The summed E-state index contributed by atoms with van der Waals surface area (Å²) in [5.74, 6) is 2.67. The fraction of sp³-hybridized carbons (Fsp3) is 0.368. The van der Waals surface area contributed by atoms with Crippen LogP contribution in [0.3, 0.4) is 0 Å². The molecule has 2 aliphatic rings. The molecule has 3 atom stereocenters. The normalized spacial score (nSPS) is 28.9. The number of H-pyrrole nitrogens is 1. The summed E-state index contributed by atoms with van der Waals surface area (Å²) in [5, 5.41) is 2.78. The molecular formula is C19H18ClN. The van der Waals surface area contributed by atoms with Crippen LogP contribution in [0.15, 0.2) is 42.5 Å². The highest BCUT2D eigenvalue weighted by atomic mass is 35.5. The lowest BCUT2D eigenvalue weighted by Gasteiger charge is -2.19. The van der Waals surface area contributed by atoms with Crippen molar-refractivity contribution < 1.29 is 0 Å². The Morgan fingerprint density at radius 2 is 1.67 bits per heavy atom. The molecule has 1 nitrogen and oxygen atoms in total. The number of halogens is 1. The van der Waals surface area contributed by atoms with Crippen molar-refractivity contribution in [2.24, 2.45) is 17.8 Å². The van der Waals surface area contributed by atoms with Gasteiger partial charge in [0.1, 0.15) is 0 Å². The van der Waals surface area contributed by atoms with Gasteiger partial charge in [0.2, 0.25) is 0 Å². The maximum Gasteiger partial charge on any atom is 0.0613 e. The van der Waals surface area contributed by atoms with Gasteiger partial charge in [-0.3, -0.25) is 0 Å². The first-order valence-electron chi connectivity index (χ1n) is 7.94. The van der Waals surface area contributed by atoms with E-state index in [1.165, 1.54) is 46.6 Å². The minimum Gasteiger partial charge on any atom is -0.355 e. The van der Waals surface area contributed by atoms with Gasteiger partial charge in [-0.25, -0.2) is 0 Å². The van der Waals surface area contributed by atoms with Crippen LogP contribution in [0, 0.1) is 17.8 Å². The summed E-state index contributed by atoms with van der Waals surface area (Å²) in [6.07, 6.45) is 4.14. The van der Waals surface area contributed by atoms with Crippen molar-refractivity contribution in [3.63, 3.8) is 0 Å². The number of benzene rings is 2. The van der Waals surface area contributed by atoms with Crippen molar-refractivity contribution >= 4 is 33.4 Å². The Morgan fingerprint density at radius 1 is 0.905 bits per heavy atom. The van der Waals surface area contributed by atoms with E-state index in [0.29, 0.717) is 5.92 Å². The zero-order valence-corrected chi connectivity index (χ0v) is 12.6. The number of nitrogens with one attached hydrogen (secondary N) is 1. The highest BCUT2D eigenvalue weighted by molar-refractivity contribution is 6.21. The molecule has 106 valence electrons. The molecule has 3 aromatic rings. The van der Waals surface area contributed by atoms with Crippen molar-refractivity contribution in [2.45, 2.75) is 24.6 Å². The van der Waals surface area contributed by atoms with Crippen LogP contribution >= 0.6 is 11.6 Å². The molecule has 1 heterocycles. The van der Waals surface area contributed by atoms with E-state index in [-0.39, 0.29) is 5.38 Å². The monoisotopic (exact) mass is 295 g/mol. The second-order valence-electron chi connectivity index (χ2n) is 6.86. The van der Waals surface area contributed by atoms with Crippen LogP contribution in [-0.4, -0.2) is 4.98 Å². The predicted molar refractivity (Wildman–Crippen MR) is 88.7 cm³/mol. The third-order valence-corrected chi connectivity index (χ3v) is 6.15. The number of hydrogen-bond donors (Lipinski definition) is 1. The summed E-state index contributed by atoms with van der Waals surface area (Å²) in [6.45, 7) is 0. The molecule has 0 aliphatic heterocycles. The van der Waals surface area contributed by atoms with Crippen LogP contribution in [0.25, 0.3) is 21.8 Å². The van der Waals surface area contributed by atoms with Crippen molar-refractivity contribution in [2.75, 3.05) is 0 Å². The molecule has 2 aliphatic carbocycles. The van der Waals surface area contributed by atoms with Crippen LogP contribution < -0.4 is 0 Å². The Balaban J connectivity index is 1.58. The molecule has 1 aromatic heterocycles. The Morgan fingerprint density at radius 3 is 2.52 bits per heavy atom. The second kappa shape index (κ2) is 4.27. The van der Waals surface area contributed by atoms with Crippen LogP contribution in [0.2, 0.25) is 0 Å². The molecular weight excluding hydrogens is 278 g/mol. The molecule has 5 rings (SSSR count). The van der Waals surface area contributed by atoms with Gasteiger partial charge in [0.05, 0.1) is 5.38 Å². The molecule has 0 radical (unpaired) electrons. The van der Waals surface area contributed by atoms with Gasteiger partial charge in [0, 0.05) is 21.8 Å². The Hall–Kier alpha value is -1.47. The van der Waals surface area contributed by atoms with Crippen molar-refractivity contribution in [3.05, 3.63) is 48.0 Å². The van der Waals surface area contributed by atoms with Crippen LogP contribution in [0.4, 0.5) is 0 Å². The molecule has 3 unspecified atom stereocenters. The van der Waals surface area contributed by atoms with E-state index in [4.69, 9.17) is 11.6 Å². The molecule has 2 fully saturated rings. The van der Waals surface area contributed by atoms with Gasteiger partial charge >= 0.3 is 0 Å². The fourth-order valence-electron chi connectivity index (χ4n) is 4.31. The van der Waals surface area contributed by atoms with E-state index >= 15 is 0 Å². The quantitative estimate of drug-likeness (QED) is 0.588. The SMILES string of the molecule is ClC(c1ccc2[nH]c3ccccc3c2c1)C1CC2CC2C1. The first kappa shape index (κ1) is 12.1. The van der Waals surface area contributed by atoms with Crippen molar-refractivity contribution in [1.82, 2.24) is 4.98 Å². The van der Waals surface area contributed by atoms with Gasteiger partial charge in [-0.15, -0.1) is 11.6 Å². The average Bonchev–Trinajstić information content (AvgIpc) is 2.97. The third kappa shape index (κ3) is 1.83. The summed E-state index contributed by atoms with van der Waals surface area (Å²) in [7, 11) is 0. The van der Waals surface area contributed by atoms with E-state index in [0.717, 1.165) is 11.8 Å². The van der Waals surface area contributed by atoms with Gasteiger partial charge in [-0.2, -0.15) is 0 Å². The van der Waals surface area contributed by atoms with E-state index in [1.807, 2.05) is 0 Å². The van der Waals surface area contributed by atoms with Gasteiger partial charge in [0.15, 0.2) is 0 Å². The van der Waals surface area contributed by atoms with Crippen LogP contribution in [0.5, 0.6) is 0 Å². The largest absolute Gasteiger partial charge is 0.355 e. The lowest BCUT2D eigenvalue weighted by molar-refractivity contribution is 0.472. The van der Waals surface area contributed by atoms with Crippen molar-refractivity contribution in [3.8, 4) is 0 Å². The minimum atomic E-state index is 0.177. The van der Waals surface area contributed by atoms with Crippen LogP contribution in [0.1, 0.15) is 30.2 Å². The number of aromatic nitrogens is 1. The first-order chi connectivity index (χ1) is 10.3.